The molecule has 0 radical (unpaired) electrons. The van der Waals surface area contributed by atoms with E-state index in [1.165, 1.54) is 5.56 Å². The van der Waals surface area contributed by atoms with E-state index in [1.54, 1.807) is 7.11 Å². The van der Waals surface area contributed by atoms with Gasteiger partial charge in [-0.25, -0.2) is 0 Å². The number of hydrogen-bond donors (Lipinski definition) is 2. The van der Waals surface area contributed by atoms with Gasteiger partial charge in [0.1, 0.15) is 5.75 Å². The molecule has 0 amide bonds. The fourth-order valence-electron chi connectivity index (χ4n) is 2.10. The Bertz CT molecular complexity index is 569. The minimum absolute atomic E-state index is 0.180. The molecule has 0 unspecified atom stereocenters. The zero-order chi connectivity index (χ0) is 15.1. The van der Waals surface area contributed by atoms with Gasteiger partial charge >= 0.3 is 0 Å². The van der Waals surface area contributed by atoms with Crippen LogP contribution in [0.5, 0.6) is 5.75 Å². The Hall–Kier alpha value is -2.07. The van der Waals surface area contributed by atoms with Gasteiger partial charge in [-0.05, 0) is 48.5 Å². The number of benzene rings is 2. The number of thiocarbonyl (C=S) groups is 1. The fourth-order valence-corrected chi connectivity index (χ4v) is 2.36. The van der Waals surface area contributed by atoms with Gasteiger partial charge < -0.3 is 15.4 Å². The topological polar surface area (TPSA) is 33.3 Å². The van der Waals surface area contributed by atoms with Crippen molar-refractivity contribution in [2.24, 2.45) is 0 Å². The average molecular weight is 300 g/mol. The van der Waals surface area contributed by atoms with E-state index in [4.69, 9.17) is 17.0 Å². The zero-order valence-corrected chi connectivity index (χ0v) is 13.1. The summed E-state index contributed by atoms with van der Waals surface area (Å²) in [4.78, 5) is 0. The normalized spacial score (nSPS) is 11.5. The molecule has 0 saturated carbocycles. The van der Waals surface area contributed by atoms with Crippen molar-refractivity contribution in [3.63, 3.8) is 0 Å². The molecule has 2 aromatic rings. The lowest BCUT2D eigenvalue weighted by atomic mass is 10.0. The van der Waals surface area contributed by atoms with Crippen molar-refractivity contribution < 1.29 is 4.74 Å². The minimum atomic E-state index is 0.180. The molecule has 0 aliphatic carbocycles. The summed E-state index contributed by atoms with van der Waals surface area (Å²) in [5.74, 6) is 0.860. The van der Waals surface area contributed by atoms with Crippen LogP contribution in [0.4, 0.5) is 5.69 Å². The first-order chi connectivity index (χ1) is 10.2. The van der Waals surface area contributed by atoms with Gasteiger partial charge in [-0.2, -0.15) is 0 Å². The summed E-state index contributed by atoms with van der Waals surface area (Å²) in [7, 11) is 1.67. The van der Waals surface area contributed by atoms with Crippen LogP contribution in [0.3, 0.4) is 0 Å². The number of anilines is 1. The fraction of sp³-hybridized carbons (Fsp3) is 0.235. The smallest absolute Gasteiger partial charge is 0.171 e. The molecule has 0 spiro atoms. The molecular formula is C17H20N2OS. The maximum atomic E-state index is 5.38. The van der Waals surface area contributed by atoms with Crippen LogP contribution in [-0.2, 0) is 0 Å². The summed E-state index contributed by atoms with van der Waals surface area (Å²) in [6.07, 6.45) is 0.947. The zero-order valence-electron chi connectivity index (χ0n) is 12.3. The molecular weight excluding hydrogens is 280 g/mol. The molecule has 1 atom stereocenters. The Kier molecular flexibility index (Phi) is 5.58. The van der Waals surface area contributed by atoms with E-state index in [1.807, 2.05) is 42.5 Å². The summed E-state index contributed by atoms with van der Waals surface area (Å²) in [6, 6.07) is 18.1. The van der Waals surface area contributed by atoms with Gasteiger partial charge in [0.15, 0.2) is 5.11 Å². The van der Waals surface area contributed by atoms with Gasteiger partial charge in [0.25, 0.3) is 0 Å². The molecule has 3 nitrogen and oxygen atoms in total. The third-order valence-electron chi connectivity index (χ3n) is 3.26. The monoisotopic (exact) mass is 300 g/mol. The number of nitrogens with one attached hydrogen (secondary N) is 2. The second-order valence-electron chi connectivity index (χ2n) is 4.70. The maximum absolute atomic E-state index is 5.38. The number of ether oxygens (including phenoxy) is 1. The van der Waals surface area contributed by atoms with Crippen LogP contribution >= 0.6 is 12.2 Å². The van der Waals surface area contributed by atoms with Crippen LogP contribution in [0, 0.1) is 0 Å². The van der Waals surface area contributed by atoms with E-state index in [0.29, 0.717) is 5.11 Å². The van der Waals surface area contributed by atoms with Crippen LogP contribution in [0.15, 0.2) is 54.6 Å². The van der Waals surface area contributed by atoms with Gasteiger partial charge in [-0.15, -0.1) is 0 Å². The van der Waals surface area contributed by atoms with Gasteiger partial charge in [-0.3, -0.25) is 0 Å². The first kappa shape index (κ1) is 15.3. The maximum Gasteiger partial charge on any atom is 0.171 e. The molecule has 2 N–H and O–H groups in total. The second-order valence-corrected chi connectivity index (χ2v) is 5.11. The molecule has 2 aromatic carbocycles. The lowest BCUT2D eigenvalue weighted by molar-refractivity contribution is 0.414. The van der Waals surface area contributed by atoms with Gasteiger partial charge in [-0.1, -0.05) is 37.3 Å². The highest BCUT2D eigenvalue weighted by molar-refractivity contribution is 7.80. The lowest BCUT2D eigenvalue weighted by Gasteiger charge is -2.20. The van der Waals surface area contributed by atoms with Gasteiger partial charge in [0.2, 0.25) is 0 Å². The highest BCUT2D eigenvalue weighted by atomic mass is 32.1. The van der Waals surface area contributed by atoms with Crippen LogP contribution in [0.1, 0.15) is 24.9 Å². The third-order valence-corrected chi connectivity index (χ3v) is 3.48. The number of methoxy groups -OCH3 is 1. The van der Waals surface area contributed by atoms with Crippen LogP contribution in [-0.4, -0.2) is 12.2 Å². The van der Waals surface area contributed by atoms with E-state index < -0.39 is 0 Å². The summed E-state index contributed by atoms with van der Waals surface area (Å²) < 4.78 is 5.18. The largest absolute Gasteiger partial charge is 0.497 e. The predicted molar refractivity (Wildman–Crippen MR) is 91.8 cm³/mol. The van der Waals surface area contributed by atoms with Crippen molar-refractivity contribution in [3.8, 4) is 5.75 Å². The summed E-state index contributed by atoms with van der Waals surface area (Å²) in [5, 5.41) is 7.17. The Morgan fingerprint density at radius 1 is 1.10 bits per heavy atom. The van der Waals surface area contributed by atoms with E-state index >= 15 is 0 Å². The Morgan fingerprint density at radius 2 is 1.76 bits per heavy atom. The predicted octanol–water partition coefficient (Wildman–Crippen LogP) is 4.13. The van der Waals surface area contributed by atoms with Crippen molar-refractivity contribution in [1.82, 2.24) is 5.32 Å². The molecule has 2 rings (SSSR count). The third kappa shape index (κ3) is 4.46. The van der Waals surface area contributed by atoms with E-state index in [2.05, 4.69) is 29.7 Å². The van der Waals surface area contributed by atoms with Gasteiger partial charge in [0, 0.05) is 5.69 Å². The Morgan fingerprint density at radius 3 is 2.33 bits per heavy atom. The highest BCUT2D eigenvalue weighted by Gasteiger charge is 2.10. The Labute approximate surface area is 131 Å². The highest BCUT2D eigenvalue weighted by Crippen LogP contribution is 2.20. The van der Waals surface area contributed by atoms with Crippen molar-refractivity contribution in [3.05, 3.63) is 60.2 Å². The summed E-state index contributed by atoms with van der Waals surface area (Å²) >= 11 is 5.38. The average Bonchev–Trinajstić information content (AvgIpc) is 2.53. The quantitative estimate of drug-likeness (QED) is 0.813. The molecule has 21 heavy (non-hydrogen) atoms. The van der Waals surface area contributed by atoms with Crippen molar-refractivity contribution >= 4 is 23.0 Å². The van der Waals surface area contributed by atoms with Crippen molar-refractivity contribution in [1.29, 1.82) is 0 Å². The molecule has 0 heterocycles. The van der Waals surface area contributed by atoms with Crippen LogP contribution in [0.25, 0.3) is 0 Å². The SMILES string of the molecule is CC[C@@H](NC(=S)Nc1ccccc1)c1ccc(OC)cc1. The molecule has 4 heteroatoms. The number of rotatable bonds is 5. The molecule has 0 saturated heterocycles. The van der Waals surface area contributed by atoms with Crippen LogP contribution in [0.2, 0.25) is 0 Å². The summed E-state index contributed by atoms with van der Waals surface area (Å²) in [6.45, 7) is 2.13. The minimum Gasteiger partial charge on any atom is -0.497 e. The molecule has 0 aromatic heterocycles. The molecule has 110 valence electrons. The van der Waals surface area contributed by atoms with Gasteiger partial charge in [0.05, 0.1) is 13.2 Å². The lowest BCUT2D eigenvalue weighted by Crippen LogP contribution is -2.32. The van der Waals surface area contributed by atoms with Crippen molar-refractivity contribution in [2.75, 3.05) is 12.4 Å². The second kappa shape index (κ2) is 7.64. The van der Waals surface area contributed by atoms with E-state index in [0.717, 1.165) is 17.9 Å². The summed E-state index contributed by atoms with van der Waals surface area (Å²) in [5.41, 5.74) is 2.18. The van der Waals surface area contributed by atoms with E-state index in [-0.39, 0.29) is 6.04 Å². The van der Waals surface area contributed by atoms with Crippen LogP contribution < -0.4 is 15.4 Å². The standard InChI is InChI=1S/C17H20N2OS/c1-3-16(13-9-11-15(20-2)12-10-13)19-17(21)18-14-7-5-4-6-8-14/h4-12,16H,3H2,1-2H3,(H2,18,19,21)/t16-/m1/s1. The molecule has 0 bridgehead atoms. The van der Waals surface area contributed by atoms with Crippen molar-refractivity contribution in [2.45, 2.75) is 19.4 Å². The number of hydrogen-bond acceptors (Lipinski definition) is 2. The molecule has 0 fully saturated rings. The first-order valence-electron chi connectivity index (χ1n) is 6.99. The molecule has 0 aliphatic heterocycles. The number of para-hydroxylation sites is 1. The van der Waals surface area contributed by atoms with E-state index in [9.17, 15) is 0 Å². The first-order valence-corrected chi connectivity index (χ1v) is 7.40. The Balaban J connectivity index is 1.99. The molecule has 0 aliphatic rings.